The second-order valence-electron chi connectivity index (χ2n) is 6.64. The molecular weight excluding hydrogens is 344 g/mol. The second-order valence-corrected chi connectivity index (χ2v) is 6.64. The molecule has 0 saturated carbocycles. The van der Waals surface area contributed by atoms with Crippen LogP contribution in [0, 0.1) is 0 Å². The Bertz CT molecular complexity index is 1010. The molecule has 0 unspecified atom stereocenters. The molecule has 1 fully saturated rings. The van der Waals surface area contributed by atoms with Gasteiger partial charge in [-0.3, -0.25) is 9.59 Å². The van der Waals surface area contributed by atoms with Gasteiger partial charge in [-0.2, -0.15) is 0 Å². The molecule has 1 aliphatic rings. The van der Waals surface area contributed by atoms with Crippen molar-refractivity contribution in [3.63, 3.8) is 0 Å². The second kappa shape index (κ2) is 7.11. The van der Waals surface area contributed by atoms with E-state index in [9.17, 15) is 9.59 Å². The highest BCUT2D eigenvalue weighted by Gasteiger charge is 2.19. The van der Waals surface area contributed by atoms with E-state index in [0.29, 0.717) is 22.5 Å². The first kappa shape index (κ1) is 17.1. The van der Waals surface area contributed by atoms with Crippen LogP contribution in [0.15, 0.2) is 47.0 Å². The van der Waals surface area contributed by atoms with Gasteiger partial charge in [0, 0.05) is 24.0 Å². The fraction of sp³-hybridized carbons (Fsp3) is 0.250. The number of para-hydroxylation sites is 1. The van der Waals surface area contributed by atoms with E-state index in [2.05, 4.69) is 15.4 Å². The van der Waals surface area contributed by atoms with Gasteiger partial charge in [0.2, 0.25) is 11.8 Å². The maximum Gasteiger partial charge on any atom is 0.248 e. The molecule has 4 rings (SSSR count). The average Bonchev–Trinajstić information content (AvgIpc) is 3.32. The summed E-state index contributed by atoms with van der Waals surface area (Å²) in [6, 6.07) is 12.6. The zero-order valence-corrected chi connectivity index (χ0v) is 14.8. The number of fused-ring (bicyclic) bond motifs is 1. The molecule has 0 bridgehead atoms. The van der Waals surface area contributed by atoms with Gasteiger partial charge in [0.05, 0.1) is 17.8 Å². The van der Waals surface area contributed by atoms with Crippen LogP contribution in [0.2, 0.25) is 0 Å². The van der Waals surface area contributed by atoms with Crippen molar-refractivity contribution in [2.75, 3.05) is 23.3 Å². The number of nitrogens with one attached hydrogen (secondary N) is 1. The third kappa shape index (κ3) is 3.48. The first-order valence-electron chi connectivity index (χ1n) is 8.94. The van der Waals surface area contributed by atoms with Gasteiger partial charge in [0.1, 0.15) is 5.69 Å². The molecule has 0 spiro atoms. The standard InChI is InChI=1S/C20H20N4O3/c21-20(26)13-7-8-17(24-9-3-4-10-24)16(11-13)22-19(25)12-15-14-5-1-2-6-18(14)27-23-15/h1-2,5-8,11H,3-4,9-10,12H2,(H2,21,26)(H,22,25). The van der Waals surface area contributed by atoms with Crippen molar-refractivity contribution in [2.24, 2.45) is 5.73 Å². The SMILES string of the molecule is NC(=O)c1ccc(N2CCCC2)c(NC(=O)Cc2noc3ccccc23)c1. The Kier molecular flexibility index (Phi) is 4.50. The molecule has 7 nitrogen and oxygen atoms in total. The molecule has 2 aromatic carbocycles. The number of benzene rings is 2. The van der Waals surface area contributed by atoms with Crippen LogP contribution in [0.1, 0.15) is 28.9 Å². The zero-order chi connectivity index (χ0) is 18.8. The highest BCUT2D eigenvalue weighted by atomic mass is 16.5. The lowest BCUT2D eigenvalue weighted by molar-refractivity contribution is -0.115. The fourth-order valence-corrected chi connectivity index (χ4v) is 3.44. The molecule has 3 aromatic rings. The minimum absolute atomic E-state index is 0.0806. The van der Waals surface area contributed by atoms with Gasteiger partial charge < -0.3 is 20.5 Å². The van der Waals surface area contributed by atoms with Gasteiger partial charge in [-0.1, -0.05) is 17.3 Å². The van der Waals surface area contributed by atoms with Crippen LogP contribution in [0.4, 0.5) is 11.4 Å². The van der Waals surface area contributed by atoms with Gasteiger partial charge >= 0.3 is 0 Å². The number of anilines is 2. The molecule has 1 saturated heterocycles. The smallest absolute Gasteiger partial charge is 0.248 e. The number of amides is 2. The first-order valence-corrected chi connectivity index (χ1v) is 8.94. The van der Waals surface area contributed by atoms with E-state index in [0.717, 1.165) is 37.0 Å². The van der Waals surface area contributed by atoms with Crippen LogP contribution < -0.4 is 16.0 Å². The van der Waals surface area contributed by atoms with Crippen LogP contribution in [0.3, 0.4) is 0 Å². The Balaban J connectivity index is 1.59. The van der Waals surface area contributed by atoms with Gasteiger partial charge in [0.15, 0.2) is 5.58 Å². The average molecular weight is 364 g/mol. The molecule has 2 heterocycles. The molecular formula is C20H20N4O3. The normalized spacial score (nSPS) is 13.9. The summed E-state index contributed by atoms with van der Waals surface area (Å²) in [6.07, 6.45) is 2.29. The summed E-state index contributed by atoms with van der Waals surface area (Å²) in [5.41, 5.74) is 8.48. The number of hydrogen-bond acceptors (Lipinski definition) is 5. The number of rotatable bonds is 5. The van der Waals surface area contributed by atoms with Gasteiger partial charge in [-0.05, 0) is 43.2 Å². The summed E-state index contributed by atoms with van der Waals surface area (Å²) >= 11 is 0. The van der Waals surface area contributed by atoms with Crippen molar-refractivity contribution < 1.29 is 14.1 Å². The maximum absolute atomic E-state index is 12.6. The molecule has 0 radical (unpaired) electrons. The number of aromatic nitrogens is 1. The van der Waals surface area contributed by atoms with Crippen LogP contribution in [-0.2, 0) is 11.2 Å². The molecule has 3 N–H and O–H groups in total. The molecule has 1 aromatic heterocycles. The number of nitrogens with two attached hydrogens (primary N) is 1. The number of nitrogens with zero attached hydrogens (tertiary/aromatic N) is 2. The predicted octanol–water partition coefficient (Wildman–Crippen LogP) is 2.71. The number of hydrogen-bond donors (Lipinski definition) is 2. The summed E-state index contributed by atoms with van der Waals surface area (Å²) < 4.78 is 5.26. The first-order chi connectivity index (χ1) is 13.1. The fourth-order valence-electron chi connectivity index (χ4n) is 3.44. The number of carbonyl (C=O) groups is 2. The summed E-state index contributed by atoms with van der Waals surface area (Å²) in [5.74, 6) is -0.753. The zero-order valence-electron chi connectivity index (χ0n) is 14.8. The summed E-state index contributed by atoms with van der Waals surface area (Å²) in [6.45, 7) is 1.85. The van der Waals surface area contributed by atoms with Crippen LogP contribution in [0.5, 0.6) is 0 Å². The van der Waals surface area contributed by atoms with Crippen molar-refractivity contribution in [1.82, 2.24) is 5.16 Å². The predicted molar refractivity (Wildman–Crippen MR) is 103 cm³/mol. The topological polar surface area (TPSA) is 101 Å². The molecule has 27 heavy (non-hydrogen) atoms. The Hall–Kier alpha value is -3.35. The third-order valence-corrected chi connectivity index (χ3v) is 4.78. The van der Waals surface area contributed by atoms with E-state index < -0.39 is 5.91 Å². The summed E-state index contributed by atoms with van der Waals surface area (Å²) in [5, 5.41) is 7.74. The van der Waals surface area contributed by atoms with E-state index in [1.807, 2.05) is 30.3 Å². The van der Waals surface area contributed by atoms with E-state index in [1.54, 1.807) is 12.1 Å². The largest absolute Gasteiger partial charge is 0.370 e. The molecule has 138 valence electrons. The number of carbonyl (C=O) groups excluding carboxylic acids is 2. The van der Waals surface area contributed by atoms with Crippen molar-refractivity contribution in [1.29, 1.82) is 0 Å². The van der Waals surface area contributed by atoms with Crippen molar-refractivity contribution in [3.8, 4) is 0 Å². The highest BCUT2D eigenvalue weighted by Crippen LogP contribution is 2.30. The Morgan fingerprint density at radius 3 is 2.70 bits per heavy atom. The van der Waals surface area contributed by atoms with Gasteiger partial charge in [-0.15, -0.1) is 0 Å². The lowest BCUT2D eigenvalue weighted by Gasteiger charge is -2.22. The monoisotopic (exact) mass is 364 g/mol. The van der Waals surface area contributed by atoms with E-state index in [-0.39, 0.29) is 12.3 Å². The highest BCUT2D eigenvalue weighted by molar-refractivity contribution is 6.00. The van der Waals surface area contributed by atoms with E-state index in [4.69, 9.17) is 10.3 Å². The van der Waals surface area contributed by atoms with Crippen LogP contribution in [-0.4, -0.2) is 30.1 Å². The third-order valence-electron chi connectivity index (χ3n) is 4.78. The lowest BCUT2D eigenvalue weighted by atomic mass is 10.1. The quantitative estimate of drug-likeness (QED) is 0.725. The lowest BCUT2D eigenvalue weighted by Crippen LogP contribution is -2.23. The molecule has 7 heteroatoms. The van der Waals surface area contributed by atoms with Gasteiger partial charge in [0.25, 0.3) is 0 Å². The van der Waals surface area contributed by atoms with Crippen molar-refractivity contribution in [3.05, 3.63) is 53.7 Å². The van der Waals surface area contributed by atoms with Crippen molar-refractivity contribution >= 4 is 34.2 Å². The minimum atomic E-state index is -0.527. The minimum Gasteiger partial charge on any atom is -0.370 e. The summed E-state index contributed by atoms with van der Waals surface area (Å²) in [4.78, 5) is 26.4. The van der Waals surface area contributed by atoms with E-state index in [1.165, 1.54) is 0 Å². The molecule has 2 amide bonds. The maximum atomic E-state index is 12.6. The number of primary amides is 1. The molecule has 1 aliphatic heterocycles. The van der Waals surface area contributed by atoms with Crippen molar-refractivity contribution in [2.45, 2.75) is 19.3 Å². The van der Waals surface area contributed by atoms with E-state index >= 15 is 0 Å². The Labute approximate surface area is 156 Å². The summed E-state index contributed by atoms with van der Waals surface area (Å²) in [7, 11) is 0. The molecule has 0 aliphatic carbocycles. The van der Waals surface area contributed by atoms with Crippen LogP contribution >= 0.6 is 0 Å². The van der Waals surface area contributed by atoms with Gasteiger partial charge in [-0.25, -0.2) is 0 Å². The Morgan fingerprint density at radius 1 is 1.15 bits per heavy atom. The van der Waals surface area contributed by atoms with Crippen LogP contribution in [0.25, 0.3) is 11.0 Å². The Morgan fingerprint density at radius 2 is 1.93 bits per heavy atom. The molecule has 0 atom stereocenters.